The molecule has 2 atom stereocenters. The molecule has 24 heavy (non-hydrogen) atoms. The molecule has 6 heteroatoms. The third-order valence-electron chi connectivity index (χ3n) is 4.58. The Balaban J connectivity index is 2.04. The van der Waals surface area contributed by atoms with Crippen molar-refractivity contribution in [2.24, 2.45) is 0 Å². The third kappa shape index (κ3) is 3.13. The summed E-state index contributed by atoms with van der Waals surface area (Å²) in [4.78, 5) is 0.398. The first kappa shape index (κ1) is 17.2. The molecule has 0 N–H and O–H groups in total. The van der Waals surface area contributed by atoms with Crippen molar-refractivity contribution in [2.75, 3.05) is 0 Å². The molecule has 0 bridgehead atoms. The summed E-state index contributed by atoms with van der Waals surface area (Å²) >= 11 is 0. The smallest absolute Gasteiger partial charge is 0.182 e. The molecule has 0 saturated heterocycles. The third-order valence-corrected chi connectivity index (χ3v) is 9.34. The molecule has 1 aliphatic carbocycles. The Hall–Kier alpha value is -1.66. The van der Waals surface area contributed by atoms with Crippen LogP contribution in [0.25, 0.3) is 0 Å². The average molecular weight is 364 g/mol. The normalized spacial score (nSPS) is 22.2. The first-order valence-corrected chi connectivity index (χ1v) is 11.1. The molecule has 2 aromatic carbocycles. The van der Waals surface area contributed by atoms with Crippen LogP contribution in [0.4, 0.5) is 0 Å². The second kappa shape index (κ2) is 6.69. The van der Waals surface area contributed by atoms with Crippen LogP contribution in [0.5, 0.6) is 0 Å². The summed E-state index contributed by atoms with van der Waals surface area (Å²) < 4.78 is 52.0. The second-order valence-corrected chi connectivity index (χ2v) is 10.4. The van der Waals surface area contributed by atoms with Gasteiger partial charge in [0.15, 0.2) is 19.7 Å². The molecule has 0 spiro atoms. The summed E-state index contributed by atoms with van der Waals surface area (Å²) in [5.41, 5.74) is 0. The van der Waals surface area contributed by atoms with Crippen LogP contribution in [-0.4, -0.2) is 27.3 Å². The van der Waals surface area contributed by atoms with Crippen molar-refractivity contribution in [1.29, 1.82) is 0 Å². The van der Waals surface area contributed by atoms with E-state index in [0.29, 0.717) is 12.8 Å². The minimum Gasteiger partial charge on any atom is -0.223 e. The van der Waals surface area contributed by atoms with E-state index in [1.807, 2.05) is 0 Å². The van der Waals surface area contributed by atoms with Crippen molar-refractivity contribution in [3.05, 3.63) is 60.7 Å². The van der Waals surface area contributed by atoms with Gasteiger partial charge in [-0.1, -0.05) is 49.2 Å². The van der Waals surface area contributed by atoms with E-state index in [1.165, 1.54) is 24.3 Å². The highest BCUT2D eigenvalue weighted by atomic mass is 32.2. The summed E-state index contributed by atoms with van der Waals surface area (Å²) in [6, 6.07) is 16.3. The van der Waals surface area contributed by atoms with Gasteiger partial charge in [-0.25, -0.2) is 16.8 Å². The highest BCUT2D eigenvalue weighted by Crippen LogP contribution is 2.35. The van der Waals surface area contributed by atoms with Crippen molar-refractivity contribution in [1.82, 2.24) is 0 Å². The fourth-order valence-electron chi connectivity index (χ4n) is 3.34. The van der Waals surface area contributed by atoms with Crippen LogP contribution >= 0.6 is 0 Å². The fourth-order valence-corrected chi connectivity index (χ4v) is 8.02. The highest BCUT2D eigenvalue weighted by Gasteiger charge is 2.43. The maximum absolute atomic E-state index is 13.0. The zero-order chi connectivity index (χ0) is 17.2. The van der Waals surface area contributed by atoms with Gasteiger partial charge in [0.2, 0.25) is 0 Å². The lowest BCUT2D eigenvalue weighted by molar-refractivity contribution is 0.469. The van der Waals surface area contributed by atoms with Crippen LogP contribution in [-0.2, 0) is 19.7 Å². The molecule has 0 amide bonds. The Morgan fingerprint density at radius 3 is 1.25 bits per heavy atom. The maximum atomic E-state index is 13.0. The predicted molar refractivity (Wildman–Crippen MR) is 93.3 cm³/mol. The van der Waals surface area contributed by atoms with E-state index in [1.54, 1.807) is 36.4 Å². The minimum absolute atomic E-state index is 0.199. The van der Waals surface area contributed by atoms with E-state index in [4.69, 9.17) is 0 Å². The Labute approximate surface area is 143 Å². The SMILES string of the molecule is O=S(=O)(c1ccccc1)C1CCCCC1S(=O)(=O)c1ccccc1. The number of rotatable bonds is 4. The largest absolute Gasteiger partial charge is 0.223 e. The van der Waals surface area contributed by atoms with Crippen molar-refractivity contribution < 1.29 is 16.8 Å². The van der Waals surface area contributed by atoms with Crippen LogP contribution in [0.2, 0.25) is 0 Å². The van der Waals surface area contributed by atoms with Gasteiger partial charge in [0.1, 0.15) is 0 Å². The van der Waals surface area contributed by atoms with Gasteiger partial charge >= 0.3 is 0 Å². The fraction of sp³-hybridized carbons (Fsp3) is 0.333. The monoisotopic (exact) mass is 364 g/mol. The Kier molecular flexibility index (Phi) is 4.78. The van der Waals surface area contributed by atoms with Crippen molar-refractivity contribution in [3.8, 4) is 0 Å². The van der Waals surface area contributed by atoms with E-state index < -0.39 is 30.2 Å². The molecule has 0 heterocycles. The molecule has 128 valence electrons. The van der Waals surface area contributed by atoms with Crippen LogP contribution in [0, 0.1) is 0 Å². The summed E-state index contributed by atoms with van der Waals surface area (Å²) in [6.07, 6.45) is 2.23. The zero-order valence-electron chi connectivity index (χ0n) is 13.2. The van der Waals surface area contributed by atoms with Gasteiger partial charge in [-0.2, -0.15) is 0 Å². The maximum Gasteiger partial charge on any atom is 0.182 e. The molecule has 3 rings (SSSR count). The average Bonchev–Trinajstić information content (AvgIpc) is 2.63. The number of sulfone groups is 2. The Morgan fingerprint density at radius 2 is 0.917 bits per heavy atom. The highest BCUT2D eigenvalue weighted by molar-refractivity contribution is 7.96. The van der Waals surface area contributed by atoms with Gasteiger partial charge in [0.25, 0.3) is 0 Å². The molecule has 0 aromatic heterocycles. The molecular weight excluding hydrogens is 344 g/mol. The predicted octanol–water partition coefficient (Wildman–Crippen LogP) is 3.25. The first-order chi connectivity index (χ1) is 11.4. The van der Waals surface area contributed by atoms with Gasteiger partial charge in [0.05, 0.1) is 20.3 Å². The lowest BCUT2D eigenvalue weighted by Crippen LogP contribution is -2.42. The number of hydrogen-bond donors (Lipinski definition) is 0. The molecule has 0 aliphatic heterocycles. The van der Waals surface area contributed by atoms with Crippen LogP contribution in [0.1, 0.15) is 25.7 Å². The van der Waals surface area contributed by atoms with Gasteiger partial charge in [-0.3, -0.25) is 0 Å². The van der Waals surface area contributed by atoms with E-state index >= 15 is 0 Å². The Bertz CT molecular complexity index is 811. The standard InChI is InChI=1S/C18H20O4S2/c19-23(20,15-9-3-1-4-10-15)17-13-7-8-14-18(17)24(21,22)16-11-5-2-6-12-16/h1-6,9-12,17-18H,7-8,13-14H2. The van der Waals surface area contributed by atoms with Gasteiger partial charge in [0, 0.05) is 0 Å². The van der Waals surface area contributed by atoms with E-state index in [9.17, 15) is 16.8 Å². The van der Waals surface area contributed by atoms with E-state index in [0.717, 1.165) is 12.8 Å². The Morgan fingerprint density at radius 1 is 0.583 bits per heavy atom. The molecule has 0 radical (unpaired) electrons. The van der Waals surface area contributed by atoms with Crippen molar-refractivity contribution in [2.45, 2.75) is 46.0 Å². The van der Waals surface area contributed by atoms with Crippen LogP contribution in [0.3, 0.4) is 0 Å². The molecule has 1 fully saturated rings. The van der Waals surface area contributed by atoms with Gasteiger partial charge in [-0.15, -0.1) is 0 Å². The summed E-state index contributed by atoms with van der Waals surface area (Å²) in [7, 11) is -7.36. The minimum atomic E-state index is -3.68. The topological polar surface area (TPSA) is 68.3 Å². The van der Waals surface area contributed by atoms with Crippen molar-refractivity contribution in [3.63, 3.8) is 0 Å². The van der Waals surface area contributed by atoms with Crippen LogP contribution < -0.4 is 0 Å². The van der Waals surface area contributed by atoms with Gasteiger partial charge in [-0.05, 0) is 37.1 Å². The number of benzene rings is 2. The molecule has 1 saturated carbocycles. The summed E-state index contributed by atoms with van der Waals surface area (Å²) in [6.45, 7) is 0. The second-order valence-electron chi connectivity index (χ2n) is 6.08. The molecule has 2 unspecified atom stereocenters. The molecular formula is C18H20O4S2. The number of hydrogen-bond acceptors (Lipinski definition) is 4. The molecule has 2 aromatic rings. The summed E-state index contributed by atoms with van der Waals surface area (Å²) in [5, 5.41) is -1.78. The van der Waals surface area contributed by atoms with Gasteiger partial charge < -0.3 is 0 Å². The van der Waals surface area contributed by atoms with Crippen LogP contribution in [0.15, 0.2) is 70.5 Å². The molecule has 1 aliphatic rings. The molecule has 4 nitrogen and oxygen atoms in total. The summed E-state index contributed by atoms with van der Waals surface area (Å²) in [5.74, 6) is 0. The first-order valence-electron chi connectivity index (χ1n) is 8.02. The van der Waals surface area contributed by atoms with Crippen molar-refractivity contribution >= 4 is 19.7 Å². The van der Waals surface area contributed by atoms with E-state index in [-0.39, 0.29) is 9.79 Å². The quantitative estimate of drug-likeness (QED) is 0.835. The van der Waals surface area contributed by atoms with E-state index in [2.05, 4.69) is 0 Å². The lowest BCUT2D eigenvalue weighted by atomic mass is 10.00. The zero-order valence-corrected chi connectivity index (χ0v) is 14.8. The lowest BCUT2D eigenvalue weighted by Gasteiger charge is -2.31.